The molecule has 1 saturated heterocycles. The number of nitrogens with one attached hydrogen (secondary N) is 1. The van der Waals surface area contributed by atoms with Crippen molar-refractivity contribution in [2.75, 3.05) is 13.1 Å². The number of H-pyrrole nitrogens is 1. The number of aromatic amines is 1. The Bertz CT molecular complexity index is 694. The maximum atomic E-state index is 12.5. The summed E-state index contributed by atoms with van der Waals surface area (Å²) in [5.41, 5.74) is 1.00. The van der Waals surface area contributed by atoms with E-state index in [4.69, 9.17) is 0 Å². The maximum Gasteiger partial charge on any atom is 0.243 e. The Morgan fingerprint density at radius 3 is 2.70 bits per heavy atom. The van der Waals surface area contributed by atoms with Crippen LogP contribution in [0.25, 0.3) is 0 Å². The average molecular weight is 291 g/mol. The Morgan fingerprint density at radius 2 is 2.05 bits per heavy atom. The summed E-state index contributed by atoms with van der Waals surface area (Å²) < 4.78 is 26.6. The summed E-state index contributed by atoms with van der Waals surface area (Å²) in [4.78, 5) is 7.86. The molecule has 1 aliphatic heterocycles. The molecule has 0 spiro atoms. The Hall–Kier alpha value is -1.66. The smallest absolute Gasteiger partial charge is 0.243 e. The quantitative estimate of drug-likeness (QED) is 0.939. The third-order valence-electron chi connectivity index (χ3n) is 3.64. The third-order valence-corrected chi connectivity index (χ3v) is 5.52. The van der Waals surface area contributed by atoms with Crippen molar-refractivity contribution >= 4 is 10.0 Å². The second-order valence-electron chi connectivity index (χ2n) is 5.11. The highest BCUT2D eigenvalue weighted by molar-refractivity contribution is 7.89. The fraction of sp³-hybridized carbons (Fsp3) is 0.357. The highest BCUT2D eigenvalue weighted by Crippen LogP contribution is 2.29. The summed E-state index contributed by atoms with van der Waals surface area (Å²) in [6, 6.07) is 8.59. The van der Waals surface area contributed by atoms with Gasteiger partial charge >= 0.3 is 0 Å². The second-order valence-corrected chi connectivity index (χ2v) is 7.05. The van der Waals surface area contributed by atoms with Gasteiger partial charge in [0.15, 0.2) is 0 Å². The van der Waals surface area contributed by atoms with Gasteiger partial charge in [0.05, 0.1) is 4.90 Å². The van der Waals surface area contributed by atoms with Crippen molar-refractivity contribution in [1.29, 1.82) is 0 Å². The number of aromatic nitrogens is 2. The first-order chi connectivity index (χ1) is 9.57. The van der Waals surface area contributed by atoms with Gasteiger partial charge in [-0.2, -0.15) is 4.31 Å². The van der Waals surface area contributed by atoms with Gasteiger partial charge < -0.3 is 4.98 Å². The second kappa shape index (κ2) is 5.03. The van der Waals surface area contributed by atoms with E-state index in [-0.39, 0.29) is 5.92 Å². The SMILES string of the molecule is Cc1cnc(C2CCN(S(=O)(=O)c3ccccc3)C2)[nH]1. The fourth-order valence-electron chi connectivity index (χ4n) is 2.55. The molecule has 5 nitrogen and oxygen atoms in total. The number of nitrogens with zero attached hydrogens (tertiary/aromatic N) is 2. The predicted molar refractivity (Wildman–Crippen MR) is 75.9 cm³/mol. The molecule has 6 heteroatoms. The monoisotopic (exact) mass is 291 g/mol. The lowest BCUT2D eigenvalue weighted by atomic mass is 10.1. The van der Waals surface area contributed by atoms with Gasteiger partial charge in [0.25, 0.3) is 0 Å². The molecule has 0 radical (unpaired) electrons. The van der Waals surface area contributed by atoms with Crippen molar-refractivity contribution in [3.05, 3.63) is 48.0 Å². The molecule has 1 aromatic heterocycles. The van der Waals surface area contributed by atoms with E-state index in [2.05, 4.69) is 9.97 Å². The van der Waals surface area contributed by atoms with Gasteiger partial charge in [0, 0.05) is 30.9 Å². The van der Waals surface area contributed by atoms with Gasteiger partial charge in [-0.3, -0.25) is 0 Å². The number of benzene rings is 1. The largest absolute Gasteiger partial charge is 0.346 e. The Morgan fingerprint density at radius 1 is 1.30 bits per heavy atom. The number of rotatable bonds is 3. The van der Waals surface area contributed by atoms with Crippen LogP contribution in [0.4, 0.5) is 0 Å². The highest BCUT2D eigenvalue weighted by Gasteiger charge is 2.34. The number of hydrogen-bond donors (Lipinski definition) is 1. The lowest BCUT2D eigenvalue weighted by Crippen LogP contribution is -2.28. The van der Waals surface area contributed by atoms with E-state index in [0.29, 0.717) is 18.0 Å². The Balaban J connectivity index is 1.80. The van der Waals surface area contributed by atoms with Crippen LogP contribution >= 0.6 is 0 Å². The molecule has 106 valence electrons. The molecule has 1 N–H and O–H groups in total. The molecule has 1 fully saturated rings. The van der Waals surface area contributed by atoms with Crippen LogP contribution in [-0.2, 0) is 10.0 Å². The predicted octanol–water partition coefficient (Wildman–Crippen LogP) is 1.90. The molecule has 2 heterocycles. The number of hydrogen-bond acceptors (Lipinski definition) is 3. The van der Waals surface area contributed by atoms with E-state index in [1.54, 1.807) is 34.8 Å². The average Bonchev–Trinajstić information content (AvgIpc) is 3.08. The van der Waals surface area contributed by atoms with E-state index in [1.165, 1.54) is 0 Å². The zero-order chi connectivity index (χ0) is 14.2. The standard InChI is InChI=1S/C14H17N3O2S/c1-11-9-15-14(16-11)12-7-8-17(10-12)20(18,19)13-5-3-2-4-6-13/h2-6,9,12H,7-8,10H2,1H3,(H,15,16). The first-order valence-corrected chi connectivity index (χ1v) is 8.08. The summed E-state index contributed by atoms with van der Waals surface area (Å²) in [6.45, 7) is 2.98. The topological polar surface area (TPSA) is 66.1 Å². The molecule has 2 aromatic rings. The third kappa shape index (κ3) is 2.36. The first-order valence-electron chi connectivity index (χ1n) is 6.64. The summed E-state index contributed by atoms with van der Waals surface area (Å²) in [7, 11) is -3.38. The van der Waals surface area contributed by atoms with E-state index in [9.17, 15) is 8.42 Å². The van der Waals surface area contributed by atoms with Gasteiger partial charge in [-0.1, -0.05) is 18.2 Å². The molecule has 0 saturated carbocycles. The van der Waals surface area contributed by atoms with Gasteiger partial charge in [0.1, 0.15) is 5.82 Å². The number of sulfonamides is 1. The van der Waals surface area contributed by atoms with Crippen LogP contribution in [0.3, 0.4) is 0 Å². The molecule has 1 atom stereocenters. The highest BCUT2D eigenvalue weighted by atomic mass is 32.2. The van der Waals surface area contributed by atoms with Crippen LogP contribution in [0.15, 0.2) is 41.4 Å². The fourth-order valence-corrected chi connectivity index (χ4v) is 4.07. The summed E-state index contributed by atoms with van der Waals surface area (Å²) in [5.74, 6) is 1.04. The normalized spacial score (nSPS) is 20.4. The number of imidazole rings is 1. The zero-order valence-corrected chi connectivity index (χ0v) is 12.1. The summed E-state index contributed by atoms with van der Waals surface area (Å²) >= 11 is 0. The van der Waals surface area contributed by atoms with E-state index in [1.807, 2.05) is 13.0 Å². The molecular formula is C14H17N3O2S. The van der Waals surface area contributed by atoms with Crippen LogP contribution in [0.5, 0.6) is 0 Å². The van der Waals surface area contributed by atoms with Crippen molar-refractivity contribution < 1.29 is 8.42 Å². The molecule has 1 unspecified atom stereocenters. The van der Waals surface area contributed by atoms with Crippen LogP contribution in [-0.4, -0.2) is 35.8 Å². The van der Waals surface area contributed by atoms with Crippen molar-refractivity contribution in [3.63, 3.8) is 0 Å². The van der Waals surface area contributed by atoms with Gasteiger partial charge in [-0.05, 0) is 25.5 Å². The van der Waals surface area contributed by atoms with Crippen LogP contribution in [0.1, 0.15) is 23.9 Å². The minimum absolute atomic E-state index is 0.155. The molecular weight excluding hydrogens is 274 g/mol. The minimum Gasteiger partial charge on any atom is -0.346 e. The van der Waals surface area contributed by atoms with Crippen molar-refractivity contribution in [2.45, 2.75) is 24.2 Å². The Kier molecular flexibility index (Phi) is 3.35. The van der Waals surface area contributed by atoms with Gasteiger partial charge in [0.2, 0.25) is 10.0 Å². The van der Waals surface area contributed by atoms with Crippen molar-refractivity contribution in [2.24, 2.45) is 0 Å². The molecule has 0 bridgehead atoms. The van der Waals surface area contributed by atoms with Gasteiger partial charge in [-0.25, -0.2) is 13.4 Å². The summed E-state index contributed by atoms with van der Waals surface area (Å²) in [6.07, 6.45) is 2.59. The molecule has 1 aromatic carbocycles. The summed E-state index contributed by atoms with van der Waals surface area (Å²) in [5, 5.41) is 0. The lowest BCUT2D eigenvalue weighted by molar-refractivity contribution is 0.471. The molecule has 0 amide bonds. The van der Waals surface area contributed by atoms with Crippen molar-refractivity contribution in [1.82, 2.24) is 14.3 Å². The molecule has 0 aliphatic carbocycles. The molecule has 1 aliphatic rings. The van der Waals surface area contributed by atoms with E-state index in [0.717, 1.165) is 17.9 Å². The first kappa shape index (κ1) is 13.3. The lowest BCUT2D eigenvalue weighted by Gasteiger charge is -2.16. The number of aryl methyl sites for hydroxylation is 1. The van der Waals surface area contributed by atoms with Gasteiger partial charge in [-0.15, -0.1) is 0 Å². The van der Waals surface area contributed by atoms with Crippen LogP contribution in [0, 0.1) is 6.92 Å². The van der Waals surface area contributed by atoms with E-state index >= 15 is 0 Å². The molecule has 3 rings (SSSR count). The van der Waals surface area contributed by atoms with Crippen molar-refractivity contribution in [3.8, 4) is 0 Å². The zero-order valence-electron chi connectivity index (χ0n) is 11.3. The van der Waals surface area contributed by atoms with E-state index < -0.39 is 10.0 Å². The Labute approximate surface area is 118 Å². The molecule has 20 heavy (non-hydrogen) atoms. The maximum absolute atomic E-state index is 12.5. The van der Waals surface area contributed by atoms with Crippen LogP contribution in [0.2, 0.25) is 0 Å². The van der Waals surface area contributed by atoms with Crippen LogP contribution < -0.4 is 0 Å². The minimum atomic E-state index is -3.38.